The second-order valence-electron chi connectivity index (χ2n) is 8.07. The van der Waals surface area contributed by atoms with E-state index in [1.54, 1.807) is 12.1 Å². The van der Waals surface area contributed by atoms with Gasteiger partial charge in [-0.05, 0) is 66.6 Å². The Labute approximate surface area is 204 Å². The summed E-state index contributed by atoms with van der Waals surface area (Å²) >= 11 is 0. The number of hydrogen-bond donors (Lipinski definition) is 0. The van der Waals surface area contributed by atoms with Crippen LogP contribution < -0.4 is 4.74 Å². The Bertz CT molecular complexity index is 1440. The molecular formula is C31H25FN2O. The largest absolute Gasteiger partial charge is 0.494 e. The zero-order chi connectivity index (χ0) is 24.0. The number of benzene rings is 4. The van der Waals surface area contributed by atoms with Crippen molar-refractivity contribution in [3.8, 4) is 34.0 Å². The van der Waals surface area contributed by atoms with Crippen molar-refractivity contribution in [2.24, 2.45) is 4.99 Å². The van der Waals surface area contributed by atoms with E-state index in [-0.39, 0.29) is 5.82 Å². The third-order valence-electron chi connectivity index (χ3n) is 5.71. The van der Waals surface area contributed by atoms with Gasteiger partial charge in [0.1, 0.15) is 11.6 Å². The minimum Gasteiger partial charge on any atom is -0.494 e. The highest BCUT2D eigenvalue weighted by Crippen LogP contribution is 2.36. The Kier molecular flexibility index (Phi) is 6.53. The van der Waals surface area contributed by atoms with E-state index in [9.17, 15) is 4.39 Å². The molecule has 0 aliphatic heterocycles. The molecule has 0 aliphatic rings. The molecule has 0 bridgehead atoms. The minimum atomic E-state index is -0.306. The second-order valence-corrected chi connectivity index (χ2v) is 8.07. The van der Waals surface area contributed by atoms with E-state index in [0.717, 1.165) is 39.5 Å². The van der Waals surface area contributed by atoms with Crippen LogP contribution in [-0.2, 0) is 0 Å². The fourth-order valence-electron chi connectivity index (χ4n) is 4.17. The van der Waals surface area contributed by atoms with Crippen molar-refractivity contribution < 1.29 is 9.13 Å². The Balaban J connectivity index is 1.74. The number of aliphatic imine (C=N–C) groups is 1. The summed E-state index contributed by atoms with van der Waals surface area (Å²) in [4.78, 5) is 4.61. The van der Waals surface area contributed by atoms with E-state index >= 15 is 0 Å². The highest BCUT2D eigenvalue weighted by Gasteiger charge is 2.18. The van der Waals surface area contributed by atoms with Gasteiger partial charge in [0.25, 0.3) is 0 Å². The lowest BCUT2D eigenvalue weighted by atomic mass is 10.1. The number of halogens is 1. The van der Waals surface area contributed by atoms with E-state index < -0.39 is 0 Å². The van der Waals surface area contributed by atoms with Gasteiger partial charge in [-0.25, -0.2) is 4.39 Å². The molecule has 172 valence electrons. The molecule has 0 saturated heterocycles. The molecular weight excluding hydrogens is 435 g/mol. The number of ether oxygens (including phenoxy) is 1. The van der Waals surface area contributed by atoms with Crippen LogP contribution in [0.3, 0.4) is 0 Å². The predicted molar refractivity (Wildman–Crippen MR) is 141 cm³/mol. The molecule has 4 heteroatoms. The van der Waals surface area contributed by atoms with Crippen molar-refractivity contribution >= 4 is 11.9 Å². The van der Waals surface area contributed by atoms with Gasteiger partial charge in [0.2, 0.25) is 0 Å². The van der Waals surface area contributed by atoms with Crippen LogP contribution in [-0.4, -0.2) is 17.4 Å². The Morgan fingerprint density at radius 2 is 1.46 bits per heavy atom. The summed E-state index contributed by atoms with van der Waals surface area (Å²) in [5, 5.41) is 0. The Hall–Kier alpha value is -4.44. The first-order valence-electron chi connectivity index (χ1n) is 11.6. The van der Waals surface area contributed by atoms with Crippen LogP contribution in [0.4, 0.5) is 10.1 Å². The maximum Gasteiger partial charge on any atom is 0.125 e. The maximum absolute atomic E-state index is 13.7. The maximum atomic E-state index is 13.7. The normalized spacial score (nSPS) is 11.1. The molecule has 3 nitrogen and oxygen atoms in total. The molecule has 1 heterocycles. The average molecular weight is 461 g/mol. The fourth-order valence-corrected chi connectivity index (χ4v) is 4.17. The molecule has 5 rings (SSSR count). The highest BCUT2D eigenvalue weighted by atomic mass is 19.1. The Morgan fingerprint density at radius 1 is 0.771 bits per heavy atom. The van der Waals surface area contributed by atoms with Gasteiger partial charge in [-0.15, -0.1) is 0 Å². The summed E-state index contributed by atoms with van der Waals surface area (Å²) in [7, 11) is 0. The van der Waals surface area contributed by atoms with E-state index in [1.807, 2.05) is 61.7 Å². The number of rotatable bonds is 7. The Morgan fingerprint density at radius 3 is 2.11 bits per heavy atom. The lowest BCUT2D eigenvalue weighted by Gasteiger charge is -2.15. The first kappa shape index (κ1) is 22.4. The molecule has 0 radical (unpaired) electrons. The van der Waals surface area contributed by atoms with Crippen LogP contribution in [0.25, 0.3) is 28.2 Å². The van der Waals surface area contributed by atoms with Crippen molar-refractivity contribution in [1.29, 1.82) is 0 Å². The molecule has 5 aromatic rings. The van der Waals surface area contributed by atoms with Crippen molar-refractivity contribution in [3.05, 3.63) is 127 Å². The van der Waals surface area contributed by atoms with Crippen LogP contribution in [0, 0.1) is 5.82 Å². The minimum absolute atomic E-state index is 0.306. The number of hydrogen-bond acceptors (Lipinski definition) is 2. The van der Waals surface area contributed by atoms with Gasteiger partial charge in [0, 0.05) is 17.5 Å². The molecule has 4 aromatic carbocycles. The van der Waals surface area contributed by atoms with Crippen molar-refractivity contribution in [3.63, 3.8) is 0 Å². The van der Waals surface area contributed by atoms with Gasteiger partial charge in [0.15, 0.2) is 0 Å². The van der Waals surface area contributed by atoms with Crippen LogP contribution in [0.1, 0.15) is 12.5 Å². The molecule has 1 aromatic heterocycles. The van der Waals surface area contributed by atoms with E-state index in [2.05, 4.69) is 52.0 Å². The summed E-state index contributed by atoms with van der Waals surface area (Å²) in [6.45, 7) is 2.60. The molecule has 0 fully saturated rings. The smallest absolute Gasteiger partial charge is 0.125 e. The first-order chi connectivity index (χ1) is 17.2. The van der Waals surface area contributed by atoms with Crippen LogP contribution in [0.15, 0.2) is 120 Å². The second kappa shape index (κ2) is 10.2. The van der Waals surface area contributed by atoms with Gasteiger partial charge >= 0.3 is 0 Å². The topological polar surface area (TPSA) is 26.5 Å². The number of nitrogens with zero attached hydrogens (tertiary/aromatic N) is 2. The fraction of sp³-hybridized carbons (Fsp3) is 0.0645. The molecule has 0 amide bonds. The lowest BCUT2D eigenvalue weighted by molar-refractivity contribution is 0.340. The van der Waals surface area contributed by atoms with Gasteiger partial charge in [-0.2, -0.15) is 0 Å². The lowest BCUT2D eigenvalue weighted by Crippen LogP contribution is -2.01. The monoisotopic (exact) mass is 460 g/mol. The van der Waals surface area contributed by atoms with Crippen molar-refractivity contribution in [2.75, 3.05) is 6.61 Å². The zero-order valence-electron chi connectivity index (χ0n) is 19.4. The summed E-state index contributed by atoms with van der Waals surface area (Å²) < 4.78 is 21.7. The van der Waals surface area contributed by atoms with Gasteiger partial charge < -0.3 is 9.30 Å². The number of aromatic nitrogens is 1. The molecule has 0 N–H and O–H groups in total. The summed E-state index contributed by atoms with van der Waals surface area (Å²) in [6, 6.07) is 37.1. The van der Waals surface area contributed by atoms with E-state index in [0.29, 0.717) is 12.3 Å². The third-order valence-corrected chi connectivity index (χ3v) is 5.71. The first-order valence-corrected chi connectivity index (χ1v) is 11.6. The molecule has 35 heavy (non-hydrogen) atoms. The molecule has 0 atom stereocenters. The molecule has 0 spiro atoms. The van der Waals surface area contributed by atoms with Crippen LogP contribution in [0.5, 0.6) is 5.75 Å². The molecule has 0 aliphatic carbocycles. The quantitative estimate of drug-likeness (QED) is 0.225. The standard InChI is InChI=1S/C31H25FN2O/c1-2-35-29-18-16-28(17-19-29)34-30(23-10-5-3-6-11-23)20-25(31(34)24-12-7-4-8-13-24)22-33-27-15-9-14-26(32)21-27/h3-22H,2H2,1H3. The molecule has 0 saturated carbocycles. The summed E-state index contributed by atoms with van der Waals surface area (Å²) in [6.07, 6.45) is 1.81. The van der Waals surface area contributed by atoms with Crippen molar-refractivity contribution in [2.45, 2.75) is 6.92 Å². The van der Waals surface area contributed by atoms with Gasteiger partial charge in [-0.1, -0.05) is 66.7 Å². The molecule has 0 unspecified atom stereocenters. The van der Waals surface area contributed by atoms with Gasteiger partial charge in [-0.3, -0.25) is 4.99 Å². The summed E-state index contributed by atoms with van der Waals surface area (Å²) in [5.41, 5.74) is 6.71. The summed E-state index contributed by atoms with van der Waals surface area (Å²) in [5.74, 6) is 0.527. The van der Waals surface area contributed by atoms with Crippen LogP contribution in [0.2, 0.25) is 0 Å². The van der Waals surface area contributed by atoms with Gasteiger partial charge in [0.05, 0.1) is 23.7 Å². The van der Waals surface area contributed by atoms with Crippen LogP contribution >= 0.6 is 0 Å². The van der Waals surface area contributed by atoms with Crippen molar-refractivity contribution in [1.82, 2.24) is 4.57 Å². The highest BCUT2D eigenvalue weighted by molar-refractivity contribution is 5.94. The zero-order valence-corrected chi connectivity index (χ0v) is 19.4. The third kappa shape index (κ3) is 4.92. The predicted octanol–water partition coefficient (Wildman–Crippen LogP) is 8.10. The van der Waals surface area contributed by atoms with E-state index in [4.69, 9.17) is 4.74 Å². The SMILES string of the molecule is CCOc1ccc(-n2c(-c3ccccc3)cc(C=Nc3cccc(F)c3)c2-c2ccccc2)cc1. The van der Waals surface area contributed by atoms with E-state index in [1.165, 1.54) is 12.1 Å². The average Bonchev–Trinajstić information content (AvgIpc) is 3.29.